The molecule has 0 amide bonds. The van der Waals surface area contributed by atoms with Crippen LogP contribution in [0.5, 0.6) is 5.88 Å². The molecule has 3 aliphatic rings. The molecule has 8 heteroatoms. The van der Waals surface area contributed by atoms with E-state index < -0.39 is 18.2 Å². The van der Waals surface area contributed by atoms with Gasteiger partial charge < -0.3 is 14.2 Å². The Morgan fingerprint density at radius 3 is 2.81 bits per heavy atom. The third-order valence-corrected chi connectivity index (χ3v) is 5.47. The number of aromatic nitrogens is 3. The van der Waals surface area contributed by atoms with E-state index in [-0.39, 0.29) is 23.0 Å². The first-order chi connectivity index (χ1) is 12.4. The van der Waals surface area contributed by atoms with E-state index in [9.17, 15) is 9.18 Å². The van der Waals surface area contributed by atoms with Crippen molar-refractivity contribution in [2.45, 2.75) is 50.2 Å². The normalized spacial score (nSPS) is 28.0. The fraction of sp³-hybridized carbons (Fsp3) is 0.611. The van der Waals surface area contributed by atoms with E-state index in [1.165, 1.54) is 7.11 Å². The molecule has 26 heavy (non-hydrogen) atoms. The Kier molecular flexibility index (Phi) is 3.91. The molecule has 2 bridgehead atoms. The predicted molar refractivity (Wildman–Crippen MR) is 90.3 cm³/mol. The smallest absolute Gasteiger partial charge is 0.344 e. The van der Waals surface area contributed by atoms with Gasteiger partial charge in [0.15, 0.2) is 0 Å². The zero-order valence-corrected chi connectivity index (χ0v) is 15.1. The van der Waals surface area contributed by atoms with Crippen molar-refractivity contribution in [1.29, 1.82) is 0 Å². The molecule has 1 atom stereocenters. The molecule has 2 aromatic heterocycles. The van der Waals surface area contributed by atoms with Crippen LogP contribution in [0, 0.1) is 0 Å². The molecular weight excluding hydrogens is 341 g/mol. The number of alkyl halides is 1. The molecule has 2 aromatic rings. The topological polar surface area (TPSA) is 75.0 Å². The number of imidazole rings is 1. The molecule has 0 N–H and O–H groups in total. The lowest BCUT2D eigenvalue weighted by Gasteiger charge is -2.41. The third kappa shape index (κ3) is 2.46. The molecule has 0 radical (unpaired) electrons. The van der Waals surface area contributed by atoms with Crippen molar-refractivity contribution < 1.29 is 23.4 Å². The second-order valence-corrected chi connectivity index (χ2v) is 7.36. The Labute approximate surface area is 150 Å². The van der Waals surface area contributed by atoms with Gasteiger partial charge in [-0.25, -0.2) is 14.2 Å². The fourth-order valence-corrected chi connectivity index (χ4v) is 3.84. The van der Waals surface area contributed by atoms with Gasteiger partial charge in [-0.3, -0.25) is 4.40 Å². The van der Waals surface area contributed by atoms with Crippen molar-refractivity contribution in [3.05, 3.63) is 23.7 Å². The Bertz CT molecular complexity index is 859. The van der Waals surface area contributed by atoms with Crippen molar-refractivity contribution in [1.82, 2.24) is 14.4 Å². The maximum Gasteiger partial charge on any atom is 0.344 e. The number of ether oxygens (including phenoxy) is 3. The van der Waals surface area contributed by atoms with Crippen molar-refractivity contribution >= 4 is 11.7 Å². The molecule has 140 valence electrons. The maximum absolute atomic E-state index is 13.2. The Balaban J connectivity index is 1.73. The molecule has 1 aliphatic carbocycles. The van der Waals surface area contributed by atoms with E-state index in [2.05, 4.69) is 9.97 Å². The van der Waals surface area contributed by atoms with E-state index >= 15 is 0 Å². The highest BCUT2D eigenvalue weighted by Crippen LogP contribution is 2.58. The maximum atomic E-state index is 13.2. The molecular formula is C18H22FN3O4. The van der Waals surface area contributed by atoms with Gasteiger partial charge in [-0.15, -0.1) is 0 Å². The lowest BCUT2D eigenvalue weighted by atomic mass is 9.61. The number of methoxy groups -OCH3 is 1. The highest BCUT2D eigenvalue weighted by atomic mass is 19.1. The molecule has 7 nitrogen and oxygen atoms in total. The standard InChI is InChI=1S/C18H22FN3O4/c1-4-11(2)26-14-12(15(23)24-3)5-22-6-13(20-16(22)21-14)17-7-18(8-17,9-19)25-10-17/h5-6,11H,4,7-10H2,1-3H3/t11-,17?,18?/m1/s1. The van der Waals surface area contributed by atoms with Crippen LogP contribution in [0.1, 0.15) is 49.2 Å². The van der Waals surface area contributed by atoms with Crippen LogP contribution in [0.15, 0.2) is 12.4 Å². The Morgan fingerprint density at radius 1 is 1.42 bits per heavy atom. The number of esters is 1. The van der Waals surface area contributed by atoms with Crippen molar-refractivity contribution in [2.24, 2.45) is 0 Å². The predicted octanol–water partition coefficient (Wildman–Crippen LogP) is 2.46. The molecule has 3 fully saturated rings. The van der Waals surface area contributed by atoms with Crippen LogP contribution in [0.25, 0.3) is 5.78 Å². The monoisotopic (exact) mass is 363 g/mol. The van der Waals surface area contributed by atoms with Crippen molar-refractivity contribution in [3.8, 4) is 5.88 Å². The molecule has 2 aliphatic heterocycles. The van der Waals surface area contributed by atoms with Gasteiger partial charge in [-0.2, -0.15) is 4.98 Å². The van der Waals surface area contributed by atoms with E-state index in [4.69, 9.17) is 14.2 Å². The number of fused-ring (bicyclic) bond motifs is 2. The molecule has 0 spiro atoms. The molecule has 1 saturated carbocycles. The van der Waals surface area contributed by atoms with Gasteiger partial charge >= 0.3 is 5.97 Å². The summed E-state index contributed by atoms with van der Waals surface area (Å²) in [5.74, 6) is 0.128. The first-order valence-corrected chi connectivity index (χ1v) is 8.79. The summed E-state index contributed by atoms with van der Waals surface area (Å²) < 4.78 is 31.1. The van der Waals surface area contributed by atoms with E-state index in [1.54, 1.807) is 10.6 Å². The summed E-state index contributed by atoms with van der Waals surface area (Å²) in [5, 5.41) is 0. The van der Waals surface area contributed by atoms with E-state index in [0.717, 1.165) is 12.1 Å². The van der Waals surface area contributed by atoms with Crippen LogP contribution in [0.4, 0.5) is 4.39 Å². The van der Waals surface area contributed by atoms with Gasteiger partial charge in [0.25, 0.3) is 0 Å². The van der Waals surface area contributed by atoms with Gasteiger partial charge in [-0.05, 0) is 26.2 Å². The number of carbonyl (C=O) groups is 1. The summed E-state index contributed by atoms with van der Waals surface area (Å²) in [6, 6.07) is 0. The minimum Gasteiger partial charge on any atom is -0.474 e. The van der Waals surface area contributed by atoms with Crippen molar-refractivity contribution in [3.63, 3.8) is 0 Å². The third-order valence-electron chi connectivity index (χ3n) is 5.47. The van der Waals surface area contributed by atoms with Crippen LogP contribution in [-0.2, 0) is 14.9 Å². The quantitative estimate of drug-likeness (QED) is 0.734. The van der Waals surface area contributed by atoms with Crippen LogP contribution in [0.3, 0.4) is 0 Å². The fourth-order valence-electron chi connectivity index (χ4n) is 3.84. The average Bonchev–Trinajstić information content (AvgIpc) is 3.30. The van der Waals surface area contributed by atoms with Gasteiger partial charge in [0.1, 0.15) is 12.2 Å². The molecule has 4 heterocycles. The van der Waals surface area contributed by atoms with Crippen molar-refractivity contribution in [2.75, 3.05) is 20.4 Å². The Morgan fingerprint density at radius 2 is 2.19 bits per heavy atom. The summed E-state index contributed by atoms with van der Waals surface area (Å²) in [7, 11) is 1.32. The van der Waals surface area contributed by atoms with E-state index in [0.29, 0.717) is 25.2 Å². The highest BCUT2D eigenvalue weighted by Gasteiger charge is 2.64. The number of halogens is 1. The molecule has 0 unspecified atom stereocenters. The summed E-state index contributed by atoms with van der Waals surface area (Å²) in [4.78, 5) is 21.2. The van der Waals surface area contributed by atoms with Crippen LogP contribution in [-0.4, -0.2) is 52.4 Å². The minimum absolute atomic E-state index is 0.0959. The zero-order valence-electron chi connectivity index (χ0n) is 15.1. The summed E-state index contributed by atoms with van der Waals surface area (Å²) in [6.45, 7) is 3.88. The van der Waals surface area contributed by atoms with Crippen LogP contribution < -0.4 is 4.74 Å². The van der Waals surface area contributed by atoms with Gasteiger partial charge in [-0.1, -0.05) is 6.92 Å². The van der Waals surface area contributed by atoms with Crippen LogP contribution >= 0.6 is 0 Å². The number of hydrogen-bond acceptors (Lipinski definition) is 6. The number of nitrogens with zero attached hydrogens (tertiary/aromatic N) is 3. The van der Waals surface area contributed by atoms with Gasteiger partial charge in [0.05, 0.1) is 31.1 Å². The van der Waals surface area contributed by atoms with Gasteiger partial charge in [0.2, 0.25) is 11.7 Å². The SMILES string of the molecule is CC[C@@H](C)Oc1nc2nc(C34COC(CF)(C3)C4)cn2cc1C(=O)OC. The molecule has 0 aromatic carbocycles. The number of rotatable bonds is 6. The minimum atomic E-state index is -0.634. The molecule has 5 rings (SSSR count). The summed E-state index contributed by atoms with van der Waals surface area (Å²) in [5.41, 5.74) is 0.160. The largest absolute Gasteiger partial charge is 0.474 e. The Hall–Kier alpha value is -2.22. The second-order valence-electron chi connectivity index (χ2n) is 7.36. The first kappa shape index (κ1) is 17.2. The van der Waals surface area contributed by atoms with Crippen LogP contribution in [0.2, 0.25) is 0 Å². The summed E-state index contributed by atoms with van der Waals surface area (Å²) in [6.07, 6.45) is 5.38. The number of carbonyl (C=O) groups excluding carboxylic acids is 1. The van der Waals surface area contributed by atoms with Gasteiger partial charge in [0, 0.05) is 17.8 Å². The lowest BCUT2D eigenvalue weighted by molar-refractivity contribution is -0.0235. The first-order valence-electron chi connectivity index (χ1n) is 8.79. The van der Waals surface area contributed by atoms with E-state index in [1.807, 2.05) is 20.0 Å². The summed E-state index contributed by atoms with van der Waals surface area (Å²) >= 11 is 0. The highest BCUT2D eigenvalue weighted by molar-refractivity contribution is 5.91. The molecule has 2 saturated heterocycles. The second kappa shape index (κ2) is 5.90. The zero-order chi connectivity index (χ0) is 18.5. The number of hydrogen-bond donors (Lipinski definition) is 0. The average molecular weight is 363 g/mol. The lowest BCUT2D eigenvalue weighted by Crippen LogP contribution is -2.48.